The second-order valence-electron chi connectivity index (χ2n) is 5.78. The molecule has 0 aliphatic carbocycles. The molecule has 0 fully saturated rings. The van der Waals surface area contributed by atoms with Crippen molar-refractivity contribution in [3.8, 4) is 17.1 Å². The van der Waals surface area contributed by atoms with Crippen molar-refractivity contribution in [2.75, 3.05) is 0 Å². The van der Waals surface area contributed by atoms with Crippen molar-refractivity contribution in [1.29, 1.82) is 0 Å². The normalized spacial score (nSPS) is 10.8. The van der Waals surface area contributed by atoms with Crippen molar-refractivity contribution >= 4 is 27.7 Å². The van der Waals surface area contributed by atoms with Crippen LogP contribution in [0.1, 0.15) is 0 Å². The van der Waals surface area contributed by atoms with Crippen LogP contribution in [0.3, 0.4) is 0 Å². The van der Waals surface area contributed by atoms with Gasteiger partial charge < -0.3 is 9.15 Å². The lowest BCUT2D eigenvalue weighted by Gasteiger charge is -2.10. The number of rotatable bonds is 3. The summed E-state index contributed by atoms with van der Waals surface area (Å²) < 4.78 is 11.2. The van der Waals surface area contributed by atoms with Crippen LogP contribution in [0.25, 0.3) is 33.1 Å². The maximum atomic E-state index is 13.0. The molecule has 0 amide bonds. The van der Waals surface area contributed by atoms with Gasteiger partial charge in [0.25, 0.3) is 0 Å². The van der Waals surface area contributed by atoms with Gasteiger partial charge >= 0.3 is 5.97 Å². The zero-order valence-corrected chi connectivity index (χ0v) is 13.8. The molecular weight excluding hydrogens is 328 g/mol. The zero-order valence-electron chi connectivity index (χ0n) is 13.8. The first-order valence-corrected chi connectivity index (χ1v) is 8.06. The van der Waals surface area contributed by atoms with E-state index in [9.17, 15) is 9.59 Å². The van der Waals surface area contributed by atoms with E-state index in [-0.39, 0.29) is 11.5 Å². The first kappa shape index (κ1) is 15.8. The maximum Gasteiger partial charge on any atom is 0.335 e. The molecule has 0 saturated heterocycles. The van der Waals surface area contributed by atoms with E-state index in [2.05, 4.69) is 6.58 Å². The maximum absolute atomic E-state index is 13.0. The van der Waals surface area contributed by atoms with Crippen molar-refractivity contribution in [3.05, 3.63) is 89.6 Å². The van der Waals surface area contributed by atoms with Gasteiger partial charge in [-0.25, -0.2) is 4.79 Å². The molecule has 1 heterocycles. The summed E-state index contributed by atoms with van der Waals surface area (Å²) in [6.07, 6.45) is 1.01. The average Bonchev–Trinajstić information content (AvgIpc) is 2.69. The fourth-order valence-electron chi connectivity index (χ4n) is 2.88. The highest BCUT2D eigenvalue weighted by atomic mass is 16.5. The molecule has 0 unspecified atom stereocenters. The van der Waals surface area contributed by atoms with Gasteiger partial charge in [0.1, 0.15) is 5.58 Å². The third kappa shape index (κ3) is 2.67. The van der Waals surface area contributed by atoms with E-state index in [0.717, 1.165) is 16.8 Å². The summed E-state index contributed by atoms with van der Waals surface area (Å²) in [4.78, 5) is 24.8. The molecule has 4 rings (SSSR count). The second-order valence-corrected chi connectivity index (χ2v) is 5.78. The number of hydrogen-bond acceptors (Lipinski definition) is 4. The highest BCUT2D eigenvalue weighted by Crippen LogP contribution is 2.32. The van der Waals surface area contributed by atoms with E-state index in [1.54, 1.807) is 18.2 Å². The molecule has 0 aliphatic rings. The van der Waals surface area contributed by atoms with Gasteiger partial charge in [-0.2, -0.15) is 0 Å². The Hall–Kier alpha value is -3.66. The molecule has 0 bridgehead atoms. The Bertz CT molecular complexity index is 1200. The van der Waals surface area contributed by atoms with Crippen LogP contribution >= 0.6 is 0 Å². The molecule has 0 radical (unpaired) electrons. The average molecular weight is 342 g/mol. The summed E-state index contributed by atoms with van der Waals surface area (Å²) in [6, 6.07) is 20.3. The minimum Gasteiger partial charge on any atom is -0.452 e. The summed E-state index contributed by atoms with van der Waals surface area (Å²) in [5.74, 6) is -0.632. The Morgan fingerprint density at radius 1 is 0.962 bits per heavy atom. The Kier molecular flexibility index (Phi) is 3.86. The van der Waals surface area contributed by atoms with E-state index >= 15 is 0 Å². The van der Waals surface area contributed by atoms with Gasteiger partial charge in [-0.15, -0.1) is 0 Å². The first-order valence-electron chi connectivity index (χ1n) is 8.06. The van der Waals surface area contributed by atoms with E-state index in [1.165, 1.54) is 0 Å². The second kappa shape index (κ2) is 6.33. The van der Waals surface area contributed by atoms with Gasteiger partial charge in [0.2, 0.25) is 11.2 Å². The third-order valence-electron chi connectivity index (χ3n) is 4.12. The van der Waals surface area contributed by atoms with E-state index in [0.29, 0.717) is 16.5 Å². The van der Waals surface area contributed by atoms with Crippen molar-refractivity contribution in [3.63, 3.8) is 0 Å². The van der Waals surface area contributed by atoms with Gasteiger partial charge in [-0.05, 0) is 22.9 Å². The molecule has 4 heteroatoms. The van der Waals surface area contributed by atoms with Gasteiger partial charge in [-0.3, -0.25) is 4.79 Å². The Balaban J connectivity index is 2.08. The molecular formula is C22H14O4. The smallest absolute Gasteiger partial charge is 0.335 e. The predicted octanol–water partition coefficient (Wildman–Crippen LogP) is 4.70. The molecule has 1 aromatic heterocycles. The molecule has 0 N–H and O–H groups in total. The molecule has 0 saturated carbocycles. The fourth-order valence-corrected chi connectivity index (χ4v) is 2.88. The number of ether oxygens (including phenoxy) is 1. The van der Waals surface area contributed by atoms with Crippen LogP contribution in [-0.4, -0.2) is 5.97 Å². The van der Waals surface area contributed by atoms with Crippen molar-refractivity contribution in [1.82, 2.24) is 0 Å². The summed E-state index contributed by atoms with van der Waals surface area (Å²) in [6.45, 7) is 3.38. The number of carbonyl (C=O) groups is 1. The third-order valence-corrected chi connectivity index (χ3v) is 4.12. The largest absolute Gasteiger partial charge is 0.452 e. The minimum atomic E-state index is -0.713. The standard InChI is InChI=1S/C22H14O4/c1-2-19(23)26-22-20(24)17-12-15-10-6-7-11-16(15)13-18(17)25-21(22)14-8-4-3-5-9-14/h2-13H,1H2. The lowest BCUT2D eigenvalue weighted by Crippen LogP contribution is -2.14. The lowest BCUT2D eigenvalue weighted by molar-refractivity contribution is -0.129. The number of fused-ring (bicyclic) bond motifs is 2. The molecule has 0 atom stereocenters. The number of benzene rings is 3. The molecule has 0 spiro atoms. The molecule has 3 aromatic carbocycles. The Morgan fingerprint density at radius 2 is 1.62 bits per heavy atom. The topological polar surface area (TPSA) is 56.5 Å². The van der Waals surface area contributed by atoms with Gasteiger partial charge in [0, 0.05) is 11.6 Å². The number of esters is 1. The molecule has 126 valence electrons. The van der Waals surface area contributed by atoms with Gasteiger partial charge in [-0.1, -0.05) is 61.2 Å². The van der Waals surface area contributed by atoms with E-state index < -0.39 is 11.4 Å². The number of carbonyl (C=O) groups excluding carboxylic acids is 1. The highest BCUT2D eigenvalue weighted by molar-refractivity contribution is 5.97. The predicted molar refractivity (Wildman–Crippen MR) is 101 cm³/mol. The molecule has 26 heavy (non-hydrogen) atoms. The quantitative estimate of drug-likeness (QED) is 0.307. The highest BCUT2D eigenvalue weighted by Gasteiger charge is 2.20. The lowest BCUT2D eigenvalue weighted by atomic mass is 10.1. The number of hydrogen-bond donors (Lipinski definition) is 0. The summed E-state index contributed by atoms with van der Waals surface area (Å²) in [7, 11) is 0. The Labute approximate surface area is 148 Å². The van der Waals surface area contributed by atoms with Crippen molar-refractivity contribution in [2.45, 2.75) is 0 Å². The molecule has 4 nitrogen and oxygen atoms in total. The van der Waals surface area contributed by atoms with Crippen molar-refractivity contribution in [2.24, 2.45) is 0 Å². The van der Waals surface area contributed by atoms with Crippen LogP contribution in [0.4, 0.5) is 0 Å². The summed E-state index contributed by atoms with van der Waals surface area (Å²) >= 11 is 0. The van der Waals surface area contributed by atoms with E-state index in [4.69, 9.17) is 9.15 Å². The van der Waals surface area contributed by atoms with Gasteiger partial charge in [0.15, 0.2) is 5.76 Å². The van der Waals surface area contributed by atoms with Crippen LogP contribution in [-0.2, 0) is 4.79 Å². The summed E-state index contributed by atoms with van der Waals surface area (Å²) in [5, 5.41) is 2.22. The monoisotopic (exact) mass is 342 g/mol. The molecule has 4 aromatic rings. The van der Waals surface area contributed by atoms with Crippen LogP contribution in [0.5, 0.6) is 5.75 Å². The van der Waals surface area contributed by atoms with Crippen LogP contribution < -0.4 is 10.2 Å². The zero-order chi connectivity index (χ0) is 18.1. The Morgan fingerprint density at radius 3 is 2.31 bits per heavy atom. The van der Waals surface area contributed by atoms with Gasteiger partial charge in [0.05, 0.1) is 5.39 Å². The fraction of sp³-hybridized carbons (Fsp3) is 0. The van der Waals surface area contributed by atoms with Crippen molar-refractivity contribution < 1.29 is 13.9 Å². The van der Waals surface area contributed by atoms with Crippen LogP contribution in [0.2, 0.25) is 0 Å². The summed E-state index contributed by atoms with van der Waals surface area (Å²) in [5.41, 5.74) is 0.684. The van der Waals surface area contributed by atoms with E-state index in [1.807, 2.05) is 48.5 Å². The molecule has 0 aliphatic heterocycles. The minimum absolute atomic E-state index is 0.135. The van der Waals surface area contributed by atoms with Crippen LogP contribution in [0.15, 0.2) is 88.6 Å². The SMILES string of the molecule is C=CC(=O)Oc1c(-c2ccccc2)oc2cc3ccccc3cc2c1=O. The first-order chi connectivity index (χ1) is 12.7. The van der Waals surface area contributed by atoms with Crippen LogP contribution in [0, 0.1) is 0 Å².